The van der Waals surface area contributed by atoms with E-state index in [1.54, 1.807) is 21.2 Å². The molecule has 0 atom stereocenters. The van der Waals surface area contributed by atoms with Crippen molar-refractivity contribution in [1.29, 1.82) is 0 Å². The van der Waals surface area contributed by atoms with Gasteiger partial charge in [0.25, 0.3) is 0 Å². The Labute approximate surface area is 143 Å². The summed E-state index contributed by atoms with van der Waals surface area (Å²) < 4.78 is 5.00. The molecule has 106 valence electrons. The standard InChI is InChI=1S/C9H18O.C4H10N2.CH3.La/c1-10-8-4-7-9-5-2-3-6-9;1-4(5-2)6-3;;/h9H,2-8H2,1H3;4H,1-3H3;1H3;/q;-2;-1;+3. The molecule has 0 aromatic rings. The molecule has 0 bridgehead atoms. The zero-order valence-corrected chi connectivity index (χ0v) is 16.6. The zero-order valence-electron chi connectivity index (χ0n) is 13.0. The molecule has 0 aliphatic heterocycles. The first kappa shape index (κ1) is 24.1. The van der Waals surface area contributed by atoms with Crippen LogP contribution in [-0.2, 0) is 4.74 Å². The topological polar surface area (TPSA) is 37.4 Å². The quantitative estimate of drug-likeness (QED) is 0.496. The van der Waals surface area contributed by atoms with Gasteiger partial charge in [0, 0.05) is 13.7 Å². The molecule has 0 radical (unpaired) electrons. The summed E-state index contributed by atoms with van der Waals surface area (Å²) in [7, 11) is 5.31. The predicted octanol–water partition coefficient (Wildman–Crippen LogP) is 4.39. The molecule has 1 fully saturated rings. The van der Waals surface area contributed by atoms with Crippen LogP contribution >= 0.6 is 0 Å². The van der Waals surface area contributed by atoms with Gasteiger partial charge in [-0.3, -0.25) is 0 Å². The Morgan fingerprint density at radius 2 is 1.67 bits per heavy atom. The Balaban J connectivity index is -0.000000250. The number of hydrogen-bond donors (Lipinski definition) is 0. The van der Waals surface area contributed by atoms with Crippen LogP contribution in [0.3, 0.4) is 0 Å². The fourth-order valence-electron chi connectivity index (χ4n) is 1.93. The van der Waals surface area contributed by atoms with Crippen LogP contribution in [0, 0.1) is 48.9 Å². The summed E-state index contributed by atoms with van der Waals surface area (Å²) in [5.41, 5.74) is 0. The van der Waals surface area contributed by atoms with Crippen LogP contribution < -0.4 is 0 Å². The molecular formula is C14H31LaN2O. The Bertz CT molecular complexity index is 138. The maximum absolute atomic E-state index is 5.00. The molecular weight excluding hydrogens is 351 g/mol. The third kappa shape index (κ3) is 15.1. The van der Waals surface area contributed by atoms with Crippen molar-refractivity contribution in [3.63, 3.8) is 0 Å². The van der Waals surface area contributed by atoms with Gasteiger partial charge >= 0.3 is 35.6 Å². The molecule has 4 heteroatoms. The van der Waals surface area contributed by atoms with E-state index < -0.39 is 0 Å². The molecule has 1 aliphatic carbocycles. The van der Waals surface area contributed by atoms with Gasteiger partial charge in [0.2, 0.25) is 0 Å². The van der Waals surface area contributed by atoms with Crippen molar-refractivity contribution in [2.24, 2.45) is 5.92 Å². The van der Waals surface area contributed by atoms with E-state index in [2.05, 4.69) is 10.6 Å². The van der Waals surface area contributed by atoms with Gasteiger partial charge in [-0.25, -0.2) is 6.17 Å². The first-order valence-corrected chi connectivity index (χ1v) is 6.41. The van der Waals surface area contributed by atoms with Gasteiger partial charge in [0.1, 0.15) is 0 Å². The van der Waals surface area contributed by atoms with E-state index in [9.17, 15) is 0 Å². The van der Waals surface area contributed by atoms with Crippen LogP contribution in [-0.4, -0.2) is 34.0 Å². The minimum Gasteiger partial charge on any atom is -0.681 e. The van der Waals surface area contributed by atoms with Crippen molar-refractivity contribution in [2.45, 2.75) is 51.6 Å². The molecule has 0 unspecified atom stereocenters. The summed E-state index contributed by atoms with van der Waals surface area (Å²) in [5, 5.41) is 7.68. The first-order valence-electron chi connectivity index (χ1n) is 6.41. The number of hydrogen-bond acceptors (Lipinski definition) is 1. The van der Waals surface area contributed by atoms with Gasteiger partial charge < -0.3 is 22.8 Å². The molecule has 1 saturated carbocycles. The fourth-order valence-corrected chi connectivity index (χ4v) is 1.93. The van der Waals surface area contributed by atoms with Gasteiger partial charge in [0.05, 0.1) is 0 Å². The van der Waals surface area contributed by atoms with Crippen LogP contribution in [0.2, 0.25) is 0 Å². The largest absolute Gasteiger partial charge is 3.00 e. The predicted molar refractivity (Wildman–Crippen MR) is 77.5 cm³/mol. The molecule has 1 aliphatic rings. The summed E-state index contributed by atoms with van der Waals surface area (Å²) >= 11 is 0. The molecule has 18 heavy (non-hydrogen) atoms. The van der Waals surface area contributed by atoms with Crippen LogP contribution in [0.25, 0.3) is 10.6 Å². The molecule has 0 spiro atoms. The SMILES string of the molecule is COCCCC1CCCC1.C[N-]C(C)[N-]C.[CH3-].[La+3]. The number of nitrogens with zero attached hydrogens (tertiary/aromatic N) is 2. The normalized spacial score (nSPS) is 14.5. The summed E-state index contributed by atoms with van der Waals surface area (Å²) in [6, 6.07) is 0. The van der Waals surface area contributed by atoms with Gasteiger partial charge in [-0.15, -0.1) is 6.92 Å². The van der Waals surface area contributed by atoms with E-state index in [1.807, 2.05) is 6.92 Å². The molecule has 1 rings (SSSR count). The minimum atomic E-state index is 0. The van der Waals surface area contributed by atoms with Crippen molar-refractivity contribution in [1.82, 2.24) is 0 Å². The maximum atomic E-state index is 5.00. The summed E-state index contributed by atoms with van der Waals surface area (Å²) in [5.74, 6) is 1.04. The second kappa shape index (κ2) is 18.1. The number of methoxy groups -OCH3 is 1. The monoisotopic (exact) mass is 382 g/mol. The second-order valence-electron chi connectivity index (χ2n) is 4.43. The minimum absolute atomic E-state index is 0. The Kier molecular flexibility index (Phi) is 24.2. The molecule has 0 aromatic heterocycles. The summed E-state index contributed by atoms with van der Waals surface area (Å²) in [6.07, 6.45) is 8.74. The van der Waals surface area contributed by atoms with Crippen LogP contribution in [0.4, 0.5) is 0 Å². The molecule has 0 N–H and O–H groups in total. The van der Waals surface area contributed by atoms with Crippen LogP contribution in [0.1, 0.15) is 45.4 Å². The van der Waals surface area contributed by atoms with E-state index in [0.29, 0.717) is 0 Å². The third-order valence-electron chi connectivity index (χ3n) is 3.18. The average Bonchev–Trinajstić information content (AvgIpc) is 2.82. The molecule has 0 amide bonds. The second-order valence-corrected chi connectivity index (χ2v) is 4.43. The average molecular weight is 382 g/mol. The van der Waals surface area contributed by atoms with Crippen molar-refractivity contribution in [2.75, 3.05) is 27.8 Å². The van der Waals surface area contributed by atoms with Crippen molar-refractivity contribution < 1.29 is 40.3 Å². The van der Waals surface area contributed by atoms with E-state index in [1.165, 1.54) is 38.5 Å². The van der Waals surface area contributed by atoms with E-state index >= 15 is 0 Å². The van der Waals surface area contributed by atoms with E-state index in [4.69, 9.17) is 4.74 Å². The van der Waals surface area contributed by atoms with Crippen LogP contribution in [0.15, 0.2) is 0 Å². The van der Waals surface area contributed by atoms with E-state index in [0.717, 1.165) is 12.5 Å². The molecule has 0 saturated heterocycles. The smallest absolute Gasteiger partial charge is 0.681 e. The summed E-state index contributed by atoms with van der Waals surface area (Å²) in [4.78, 5) is 0. The summed E-state index contributed by atoms with van der Waals surface area (Å²) in [6.45, 7) is 2.90. The number of rotatable bonds is 6. The molecule has 0 heterocycles. The number of ether oxygens (including phenoxy) is 1. The van der Waals surface area contributed by atoms with Crippen LogP contribution in [0.5, 0.6) is 0 Å². The van der Waals surface area contributed by atoms with E-state index in [-0.39, 0.29) is 49.2 Å². The van der Waals surface area contributed by atoms with Gasteiger partial charge in [-0.2, -0.15) is 14.1 Å². The maximum Gasteiger partial charge on any atom is 3.00 e. The molecule has 0 aromatic carbocycles. The fraction of sp³-hybridized carbons (Fsp3) is 0.929. The molecule has 3 nitrogen and oxygen atoms in total. The Morgan fingerprint density at radius 1 is 1.17 bits per heavy atom. The Hall–Kier alpha value is 1.07. The van der Waals surface area contributed by atoms with Crippen molar-refractivity contribution >= 4 is 0 Å². The third-order valence-corrected chi connectivity index (χ3v) is 3.18. The van der Waals surface area contributed by atoms with Crippen molar-refractivity contribution in [3.8, 4) is 0 Å². The first-order chi connectivity index (χ1) is 7.74. The Morgan fingerprint density at radius 3 is 2.00 bits per heavy atom. The van der Waals surface area contributed by atoms with Gasteiger partial charge in [0.15, 0.2) is 0 Å². The van der Waals surface area contributed by atoms with Gasteiger partial charge in [-0.1, -0.05) is 25.7 Å². The van der Waals surface area contributed by atoms with Gasteiger partial charge in [-0.05, 0) is 18.8 Å². The zero-order chi connectivity index (χ0) is 12.2. The van der Waals surface area contributed by atoms with Crippen molar-refractivity contribution in [3.05, 3.63) is 18.1 Å².